The van der Waals surface area contributed by atoms with E-state index in [9.17, 15) is 9.50 Å². The Kier molecular flexibility index (Phi) is 10.2. The average Bonchev–Trinajstić information content (AvgIpc) is 3.51. The zero-order chi connectivity index (χ0) is 34.5. The van der Waals surface area contributed by atoms with Gasteiger partial charge in [0, 0.05) is 48.6 Å². The molecule has 0 saturated heterocycles. The Hall–Kier alpha value is -5.27. The van der Waals surface area contributed by atoms with Crippen LogP contribution in [0.15, 0.2) is 73.6 Å². The maximum atomic E-state index is 14.5. The van der Waals surface area contributed by atoms with Crippen LogP contribution in [0.2, 0.25) is 0 Å². The van der Waals surface area contributed by atoms with Crippen LogP contribution in [-0.4, -0.2) is 74.7 Å². The number of aliphatic hydroxyl groups excluding tert-OH is 1. The molecule has 1 fully saturated rings. The summed E-state index contributed by atoms with van der Waals surface area (Å²) in [5.74, 6) is 1.83. The Morgan fingerprint density at radius 3 is 2.43 bits per heavy atom. The largest absolute Gasteiger partial charge is 0.491 e. The summed E-state index contributed by atoms with van der Waals surface area (Å²) < 4.78 is 31.5. The third-order valence-electron chi connectivity index (χ3n) is 8.71. The van der Waals surface area contributed by atoms with Crippen LogP contribution in [0.25, 0.3) is 22.4 Å². The fourth-order valence-corrected chi connectivity index (χ4v) is 6.16. The highest BCUT2D eigenvalue weighted by atomic mass is 19.1. The Morgan fingerprint density at radius 1 is 0.898 bits per heavy atom. The molecule has 12 nitrogen and oxygen atoms in total. The smallest absolute Gasteiger partial charge is 0.276 e. The second kappa shape index (κ2) is 14.9. The second-order valence-electron chi connectivity index (χ2n) is 12.2. The van der Waals surface area contributed by atoms with Crippen molar-refractivity contribution < 1.29 is 23.7 Å². The van der Waals surface area contributed by atoms with E-state index in [-0.39, 0.29) is 18.0 Å². The lowest BCUT2D eigenvalue weighted by Gasteiger charge is -2.29. The van der Waals surface area contributed by atoms with Crippen LogP contribution in [-0.2, 0) is 6.54 Å². The standard InChI is InChI=1S/C36H39FN8O4/c1-21(2)34-27(17-38-19-41-34)26-12-24(37)10-11-31(26)49-33-18-39-20-42-35(33)45(3)29-13-25(14-30(29)46)40-16-22-6-8-23(9-7-22)28-15-32(47-4)36(48-5)44-43-28/h6-12,15,17-21,25,29-30,40,46H,13-14,16H2,1-5H3/t25-,29+,30-/m1/s1. The van der Waals surface area contributed by atoms with E-state index in [1.165, 1.54) is 31.9 Å². The lowest BCUT2D eigenvalue weighted by atomic mass is 9.98. The van der Waals surface area contributed by atoms with Gasteiger partial charge in [0.25, 0.3) is 5.88 Å². The number of methoxy groups -OCH3 is 2. The van der Waals surface area contributed by atoms with Crippen molar-refractivity contribution in [2.24, 2.45) is 0 Å². The molecule has 49 heavy (non-hydrogen) atoms. The number of aliphatic hydroxyl groups is 1. The number of anilines is 1. The predicted octanol–water partition coefficient (Wildman–Crippen LogP) is 5.58. The number of nitrogens with one attached hydrogen (secondary N) is 1. The van der Waals surface area contributed by atoms with Gasteiger partial charge in [0.15, 0.2) is 17.3 Å². The molecule has 0 amide bonds. The Bertz CT molecular complexity index is 1890. The third kappa shape index (κ3) is 7.42. The number of hydrogen-bond donors (Lipinski definition) is 2. The molecule has 0 radical (unpaired) electrons. The Labute approximate surface area is 284 Å². The minimum Gasteiger partial charge on any atom is -0.491 e. The van der Waals surface area contributed by atoms with E-state index in [0.717, 1.165) is 16.8 Å². The molecule has 0 unspecified atom stereocenters. The van der Waals surface area contributed by atoms with Crippen molar-refractivity contribution in [2.75, 3.05) is 26.2 Å². The molecule has 6 rings (SSSR count). The summed E-state index contributed by atoms with van der Waals surface area (Å²) in [5, 5.41) is 23.1. The molecule has 3 heterocycles. The van der Waals surface area contributed by atoms with E-state index in [0.29, 0.717) is 65.2 Å². The van der Waals surface area contributed by atoms with Crippen LogP contribution in [0.1, 0.15) is 43.9 Å². The number of likely N-dealkylation sites (N-methyl/N-ethyl adjacent to an activating group) is 1. The normalized spacial score (nSPS) is 17.3. The number of rotatable bonds is 12. The predicted molar refractivity (Wildman–Crippen MR) is 182 cm³/mol. The monoisotopic (exact) mass is 666 g/mol. The topological polar surface area (TPSA) is 141 Å². The van der Waals surface area contributed by atoms with Gasteiger partial charge in [-0.1, -0.05) is 38.1 Å². The van der Waals surface area contributed by atoms with E-state index < -0.39 is 11.9 Å². The first-order chi connectivity index (χ1) is 23.7. The minimum absolute atomic E-state index is 0.0706. The van der Waals surface area contributed by atoms with Crippen molar-refractivity contribution in [1.82, 2.24) is 35.5 Å². The number of halogens is 1. The van der Waals surface area contributed by atoms with Gasteiger partial charge < -0.3 is 29.5 Å². The van der Waals surface area contributed by atoms with Crippen LogP contribution in [0.5, 0.6) is 23.1 Å². The molecule has 13 heteroatoms. The number of nitrogens with zero attached hydrogens (tertiary/aromatic N) is 7. The molecule has 3 aromatic heterocycles. The van der Waals surface area contributed by atoms with E-state index in [1.807, 2.05) is 50.1 Å². The highest BCUT2D eigenvalue weighted by Gasteiger charge is 2.37. The maximum Gasteiger partial charge on any atom is 0.276 e. The van der Waals surface area contributed by atoms with E-state index in [2.05, 4.69) is 35.5 Å². The highest BCUT2D eigenvalue weighted by Crippen LogP contribution is 2.40. The molecule has 0 spiro atoms. The molecule has 5 aromatic rings. The molecule has 254 valence electrons. The summed E-state index contributed by atoms with van der Waals surface area (Å²) in [5.41, 5.74) is 4.67. The van der Waals surface area contributed by atoms with Crippen molar-refractivity contribution >= 4 is 5.82 Å². The summed E-state index contributed by atoms with van der Waals surface area (Å²) in [6.07, 6.45) is 6.82. The van der Waals surface area contributed by atoms with Gasteiger partial charge >= 0.3 is 0 Å². The van der Waals surface area contributed by atoms with E-state index in [4.69, 9.17) is 14.2 Å². The minimum atomic E-state index is -0.604. The van der Waals surface area contributed by atoms with Gasteiger partial charge in [0.1, 0.15) is 24.2 Å². The Morgan fingerprint density at radius 2 is 1.67 bits per heavy atom. The zero-order valence-corrected chi connectivity index (χ0v) is 28.0. The summed E-state index contributed by atoms with van der Waals surface area (Å²) in [6, 6.07) is 14.0. The number of benzene rings is 2. The first kappa shape index (κ1) is 33.6. The van der Waals surface area contributed by atoms with Crippen LogP contribution in [0.4, 0.5) is 10.2 Å². The fourth-order valence-electron chi connectivity index (χ4n) is 6.16. The molecule has 1 saturated carbocycles. The van der Waals surface area contributed by atoms with Crippen molar-refractivity contribution in [1.29, 1.82) is 0 Å². The summed E-state index contributed by atoms with van der Waals surface area (Å²) in [7, 11) is 4.97. The van der Waals surface area contributed by atoms with Crippen molar-refractivity contribution in [2.45, 2.75) is 57.3 Å². The van der Waals surface area contributed by atoms with E-state index in [1.54, 1.807) is 31.6 Å². The lowest BCUT2D eigenvalue weighted by molar-refractivity contribution is 0.160. The maximum absolute atomic E-state index is 14.5. The summed E-state index contributed by atoms with van der Waals surface area (Å²) in [4.78, 5) is 19.3. The molecule has 1 aliphatic rings. The molecule has 2 aromatic carbocycles. The third-order valence-corrected chi connectivity index (χ3v) is 8.71. The number of ether oxygens (including phenoxy) is 3. The van der Waals surface area contributed by atoms with Crippen LogP contribution in [0, 0.1) is 5.82 Å². The SMILES string of the molecule is COc1cc(-c2ccc(CN[C@H]3C[C@@H](O)[C@@H](N(C)c4ncncc4Oc4ccc(F)cc4-c4cncnc4C(C)C)C3)cc2)nnc1OC. The van der Waals surface area contributed by atoms with E-state index >= 15 is 0 Å². The average molecular weight is 667 g/mol. The van der Waals surface area contributed by atoms with Crippen LogP contribution < -0.4 is 24.4 Å². The van der Waals surface area contributed by atoms with Crippen LogP contribution in [0.3, 0.4) is 0 Å². The molecule has 2 N–H and O–H groups in total. The number of aromatic nitrogens is 6. The van der Waals surface area contributed by atoms with Crippen molar-refractivity contribution in [3.63, 3.8) is 0 Å². The van der Waals surface area contributed by atoms with Gasteiger partial charge in [-0.05, 0) is 42.5 Å². The summed E-state index contributed by atoms with van der Waals surface area (Å²) >= 11 is 0. The molecule has 3 atom stereocenters. The van der Waals surface area contributed by atoms with Gasteiger partial charge in [-0.3, -0.25) is 0 Å². The van der Waals surface area contributed by atoms with Gasteiger partial charge in [-0.15, -0.1) is 10.2 Å². The van der Waals surface area contributed by atoms with Gasteiger partial charge in [-0.2, -0.15) is 0 Å². The Balaban J connectivity index is 1.14. The summed E-state index contributed by atoms with van der Waals surface area (Å²) in [6.45, 7) is 4.67. The van der Waals surface area contributed by atoms with Gasteiger partial charge in [0.2, 0.25) is 0 Å². The first-order valence-corrected chi connectivity index (χ1v) is 16.0. The van der Waals surface area contributed by atoms with Crippen LogP contribution >= 0.6 is 0 Å². The van der Waals surface area contributed by atoms with Crippen molar-refractivity contribution in [3.8, 4) is 45.5 Å². The quantitative estimate of drug-likeness (QED) is 0.172. The first-order valence-electron chi connectivity index (χ1n) is 16.0. The fraction of sp³-hybridized carbons (Fsp3) is 0.333. The van der Waals surface area contributed by atoms with Gasteiger partial charge in [-0.25, -0.2) is 24.3 Å². The lowest BCUT2D eigenvalue weighted by Crippen LogP contribution is -2.38. The number of hydrogen-bond acceptors (Lipinski definition) is 12. The molecule has 1 aliphatic carbocycles. The van der Waals surface area contributed by atoms with Gasteiger partial charge in [0.05, 0.1) is 44.0 Å². The second-order valence-corrected chi connectivity index (χ2v) is 12.2. The molecular formula is C36H39FN8O4. The zero-order valence-electron chi connectivity index (χ0n) is 28.0. The highest BCUT2D eigenvalue weighted by molar-refractivity contribution is 5.73. The van der Waals surface area contributed by atoms with Crippen molar-refractivity contribution in [3.05, 3.63) is 90.7 Å². The molecule has 0 bridgehead atoms. The molecule has 0 aliphatic heterocycles. The molecular weight excluding hydrogens is 627 g/mol.